The van der Waals surface area contributed by atoms with Crippen LogP contribution in [0.4, 0.5) is 5.82 Å². The second-order valence-electron chi connectivity index (χ2n) is 5.04. The summed E-state index contributed by atoms with van der Waals surface area (Å²) in [6.45, 7) is 4.47. The number of halogens is 1. The average Bonchev–Trinajstić information content (AvgIpc) is 2.99. The number of hydrogen-bond donors (Lipinski definition) is 3. The van der Waals surface area contributed by atoms with Crippen LogP contribution in [0.25, 0.3) is 0 Å². The zero-order chi connectivity index (χ0) is 17.4. The summed E-state index contributed by atoms with van der Waals surface area (Å²) in [6, 6.07) is 5.96. The van der Waals surface area contributed by atoms with Crippen molar-refractivity contribution in [1.29, 1.82) is 0 Å². The number of carbonyl (C=O) groups excluding carboxylic acids is 1. The molecular weight excluding hydrogens is 378 g/mol. The Bertz CT molecular complexity index is 677. The van der Waals surface area contributed by atoms with Gasteiger partial charge in [0, 0.05) is 19.6 Å². The zero-order valence-corrected chi connectivity index (χ0v) is 14.9. The first kappa shape index (κ1) is 18.2. The number of aromatic nitrogens is 2. The number of nitrogen functional groups attached to an aromatic ring is 1. The average molecular weight is 398 g/mol. The quantitative estimate of drug-likeness (QED) is 0.551. The number of amides is 1. The molecule has 0 saturated carbocycles. The van der Waals surface area contributed by atoms with Gasteiger partial charge in [-0.3, -0.25) is 4.79 Å². The number of carbonyl (C=O) groups is 1. The van der Waals surface area contributed by atoms with Crippen molar-refractivity contribution in [3.63, 3.8) is 0 Å². The molecule has 0 atom stereocenters. The molecule has 0 spiro atoms. The lowest BCUT2D eigenvalue weighted by molar-refractivity contribution is 0.0944. The fourth-order valence-electron chi connectivity index (χ4n) is 1.92. The lowest BCUT2D eigenvalue weighted by Crippen LogP contribution is -2.32. The molecule has 24 heavy (non-hydrogen) atoms. The molecule has 1 aromatic heterocycles. The molecule has 130 valence electrons. The molecule has 2 aromatic rings. The first-order chi connectivity index (χ1) is 11.6. The molecule has 1 heterocycles. The number of nitrogens with two attached hydrogens (primary N) is 1. The lowest BCUT2D eigenvalue weighted by atomic mass is 10.2. The molecule has 0 unspecified atom stereocenters. The number of anilines is 1. The van der Waals surface area contributed by atoms with Crippen LogP contribution >= 0.6 is 15.9 Å². The molecule has 8 nitrogen and oxygen atoms in total. The topological polar surface area (TPSA) is 115 Å². The Morgan fingerprint density at radius 1 is 1.38 bits per heavy atom. The molecule has 2 rings (SSSR count). The van der Waals surface area contributed by atoms with Crippen molar-refractivity contribution in [3.8, 4) is 5.75 Å². The molecule has 1 aromatic carbocycles. The third-order valence-corrected chi connectivity index (χ3v) is 3.72. The van der Waals surface area contributed by atoms with Gasteiger partial charge < -0.3 is 21.1 Å². The first-order valence-electron chi connectivity index (χ1n) is 7.60. The SMILES string of the molecule is CCCOc1ccc(CNCCNC(=O)c2nonc2N)cc1Br. The summed E-state index contributed by atoms with van der Waals surface area (Å²) in [4.78, 5) is 11.7. The molecule has 0 aliphatic carbocycles. The van der Waals surface area contributed by atoms with E-state index < -0.39 is 5.91 Å². The molecule has 1 amide bonds. The van der Waals surface area contributed by atoms with Gasteiger partial charge in [-0.05, 0) is 50.4 Å². The highest BCUT2D eigenvalue weighted by molar-refractivity contribution is 9.10. The Hall–Kier alpha value is -2.13. The van der Waals surface area contributed by atoms with E-state index in [0.29, 0.717) is 26.2 Å². The lowest BCUT2D eigenvalue weighted by Gasteiger charge is -2.10. The summed E-state index contributed by atoms with van der Waals surface area (Å²) in [5.41, 5.74) is 6.56. The normalized spacial score (nSPS) is 10.6. The Morgan fingerprint density at radius 3 is 2.88 bits per heavy atom. The minimum Gasteiger partial charge on any atom is -0.492 e. The molecule has 9 heteroatoms. The van der Waals surface area contributed by atoms with Crippen molar-refractivity contribution in [2.75, 3.05) is 25.4 Å². The largest absolute Gasteiger partial charge is 0.492 e. The van der Waals surface area contributed by atoms with Crippen molar-refractivity contribution in [3.05, 3.63) is 33.9 Å². The summed E-state index contributed by atoms with van der Waals surface area (Å²) in [5, 5.41) is 12.7. The monoisotopic (exact) mass is 397 g/mol. The predicted molar refractivity (Wildman–Crippen MR) is 92.7 cm³/mol. The van der Waals surface area contributed by atoms with Crippen molar-refractivity contribution < 1.29 is 14.2 Å². The molecule has 0 aliphatic rings. The molecule has 4 N–H and O–H groups in total. The van der Waals surface area contributed by atoms with Crippen LogP contribution in [0.5, 0.6) is 5.75 Å². The molecule has 0 fully saturated rings. The van der Waals surface area contributed by atoms with Gasteiger partial charge in [-0.15, -0.1) is 0 Å². The van der Waals surface area contributed by atoms with Crippen LogP contribution in [0.1, 0.15) is 29.4 Å². The third-order valence-electron chi connectivity index (χ3n) is 3.10. The third kappa shape index (κ3) is 5.20. The minimum absolute atomic E-state index is 0.00148. The van der Waals surface area contributed by atoms with E-state index in [2.05, 4.69) is 48.4 Å². The maximum atomic E-state index is 11.7. The number of rotatable bonds is 9. The van der Waals surface area contributed by atoms with Gasteiger partial charge in [0.05, 0.1) is 11.1 Å². The van der Waals surface area contributed by atoms with E-state index in [-0.39, 0.29) is 11.5 Å². The summed E-state index contributed by atoms with van der Waals surface area (Å²) in [6.07, 6.45) is 0.970. The standard InChI is InChI=1S/C15H20BrN5O3/c1-2-7-23-12-4-3-10(8-11(12)16)9-18-5-6-19-15(22)13-14(17)21-24-20-13/h3-4,8,18H,2,5-7,9H2,1H3,(H2,17,21)(H,19,22). The maximum absolute atomic E-state index is 11.7. The van der Waals surface area contributed by atoms with Crippen LogP contribution in [0.3, 0.4) is 0 Å². The molecule has 0 saturated heterocycles. The second-order valence-corrected chi connectivity index (χ2v) is 5.90. The molecular formula is C15H20BrN5O3. The van der Waals surface area contributed by atoms with E-state index in [4.69, 9.17) is 10.5 Å². The summed E-state index contributed by atoms with van der Waals surface area (Å²) < 4.78 is 10.9. The highest BCUT2D eigenvalue weighted by Gasteiger charge is 2.14. The Balaban J connectivity index is 1.70. The zero-order valence-electron chi connectivity index (χ0n) is 13.3. The summed E-state index contributed by atoms with van der Waals surface area (Å²) >= 11 is 3.50. The fraction of sp³-hybridized carbons (Fsp3) is 0.400. The number of benzene rings is 1. The van der Waals surface area contributed by atoms with E-state index in [9.17, 15) is 4.79 Å². The van der Waals surface area contributed by atoms with Crippen molar-refractivity contribution in [2.45, 2.75) is 19.9 Å². The Labute approximate surface area is 148 Å². The van der Waals surface area contributed by atoms with Crippen molar-refractivity contribution in [2.24, 2.45) is 0 Å². The Morgan fingerprint density at radius 2 is 2.21 bits per heavy atom. The van der Waals surface area contributed by atoms with E-state index in [0.717, 1.165) is 22.2 Å². The van der Waals surface area contributed by atoms with Gasteiger partial charge in [-0.25, -0.2) is 4.63 Å². The molecule has 0 bridgehead atoms. The molecule has 0 radical (unpaired) electrons. The van der Waals surface area contributed by atoms with Gasteiger partial charge in [0.1, 0.15) is 5.75 Å². The van der Waals surface area contributed by atoms with Gasteiger partial charge in [0.25, 0.3) is 5.91 Å². The number of nitrogens with zero attached hydrogens (tertiary/aromatic N) is 2. The van der Waals surface area contributed by atoms with Crippen LogP contribution in [0, 0.1) is 0 Å². The fourth-order valence-corrected chi connectivity index (χ4v) is 2.46. The number of ether oxygens (including phenoxy) is 1. The van der Waals surface area contributed by atoms with Gasteiger partial charge in [0.2, 0.25) is 11.5 Å². The number of nitrogens with one attached hydrogen (secondary N) is 2. The van der Waals surface area contributed by atoms with Crippen molar-refractivity contribution in [1.82, 2.24) is 20.9 Å². The van der Waals surface area contributed by atoms with E-state index in [1.54, 1.807) is 0 Å². The van der Waals surface area contributed by atoms with E-state index in [1.165, 1.54) is 0 Å². The maximum Gasteiger partial charge on any atom is 0.277 e. The number of hydrogen-bond acceptors (Lipinski definition) is 7. The van der Waals surface area contributed by atoms with E-state index >= 15 is 0 Å². The minimum atomic E-state index is -0.407. The van der Waals surface area contributed by atoms with Crippen LogP contribution in [-0.2, 0) is 6.54 Å². The van der Waals surface area contributed by atoms with Gasteiger partial charge in [-0.2, -0.15) is 0 Å². The van der Waals surface area contributed by atoms with Gasteiger partial charge in [-0.1, -0.05) is 13.0 Å². The highest BCUT2D eigenvalue weighted by Crippen LogP contribution is 2.26. The van der Waals surface area contributed by atoms with Crippen LogP contribution in [0.15, 0.2) is 27.3 Å². The first-order valence-corrected chi connectivity index (χ1v) is 8.39. The van der Waals surface area contributed by atoms with Gasteiger partial charge in [0.15, 0.2) is 0 Å². The second kappa shape index (κ2) is 9.24. The van der Waals surface area contributed by atoms with Gasteiger partial charge >= 0.3 is 0 Å². The van der Waals surface area contributed by atoms with Crippen molar-refractivity contribution >= 4 is 27.7 Å². The summed E-state index contributed by atoms with van der Waals surface area (Å²) in [5.74, 6) is 0.415. The van der Waals surface area contributed by atoms with E-state index in [1.807, 2.05) is 18.2 Å². The smallest absolute Gasteiger partial charge is 0.277 e. The highest BCUT2D eigenvalue weighted by atomic mass is 79.9. The Kier molecular flexibility index (Phi) is 7.01. The van der Waals surface area contributed by atoms with Crippen LogP contribution < -0.4 is 21.1 Å². The molecule has 0 aliphatic heterocycles. The summed E-state index contributed by atoms with van der Waals surface area (Å²) in [7, 11) is 0. The van der Waals surface area contributed by atoms with Crippen LogP contribution in [-0.4, -0.2) is 35.9 Å². The predicted octanol–water partition coefficient (Wildman–Crippen LogP) is 1.72. The van der Waals surface area contributed by atoms with Crippen LogP contribution in [0.2, 0.25) is 0 Å².